The van der Waals surface area contributed by atoms with Gasteiger partial charge < -0.3 is 4.74 Å². The summed E-state index contributed by atoms with van der Waals surface area (Å²) in [5, 5.41) is 0. The maximum Gasteiger partial charge on any atom is 0.417 e. The first kappa shape index (κ1) is 23.4. The van der Waals surface area contributed by atoms with Crippen LogP contribution >= 0.6 is 0 Å². The zero-order valence-electron chi connectivity index (χ0n) is 16.2. The summed E-state index contributed by atoms with van der Waals surface area (Å²) in [6.45, 7) is 4.18. The molecule has 0 fully saturated rings. The Labute approximate surface area is 159 Å². The van der Waals surface area contributed by atoms with Crippen LogP contribution in [0.4, 0.5) is 17.6 Å². The van der Waals surface area contributed by atoms with Crippen molar-refractivity contribution in [1.82, 2.24) is 0 Å². The number of benzene rings is 1. The van der Waals surface area contributed by atoms with Crippen LogP contribution in [0.15, 0.2) is 18.2 Å². The predicted octanol–water partition coefficient (Wildman–Crippen LogP) is 7.31. The van der Waals surface area contributed by atoms with Crippen LogP contribution in [0, 0.1) is 5.82 Å². The van der Waals surface area contributed by atoms with Gasteiger partial charge in [-0.3, -0.25) is 0 Å². The molecule has 0 spiro atoms. The Morgan fingerprint density at radius 3 is 2.11 bits per heavy atom. The number of hydrogen-bond donors (Lipinski definition) is 0. The number of halogens is 4. The Balaban J connectivity index is 2.79. The predicted molar refractivity (Wildman–Crippen MR) is 98.1 cm³/mol. The third kappa shape index (κ3) is 8.76. The quantitative estimate of drug-likeness (QED) is 0.212. The van der Waals surface area contributed by atoms with Crippen molar-refractivity contribution in [2.45, 2.75) is 90.3 Å². The molecule has 0 heterocycles. The largest absolute Gasteiger partial charge is 0.459 e. The van der Waals surface area contributed by atoms with Gasteiger partial charge in [0, 0.05) is 0 Å². The van der Waals surface area contributed by atoms with Crippen LogP contribution in [0.1, 0.15) is 94.0 Å². The lowest BCUT2D eigenvalue weighted by molar-refractivity contribution is -0.138. The molecule has 0 aliphatic rings. The molecule has 6 heteroatoms. The highest BCUT2D eigenvalue weighted by Crippen LogP contribution is 2.33. The van der Waals surface area contributed by atoms with Crippen molar-refractivity contribution in [3.05, 3.63) is 35.1 Å². The summed E-state index contributed by atoms with van der Waals surface area (Å²) in [6, 6.07) is 2.04. The van der Waals surface area contributed by atoms with E-state index >= 15 is 0 Å². The molecule has 0 aromatic heterocycles. The highest BCUT2D eigenvalue weighted by Gasteiger charge is 2.36. The lowest BCUT2D eigenvalue weighted by Gasteiger charge is -2.19. The van der Waals surface area contributed by atoms with Crippen molar-refractivity contribution < 1.29 is 27.1 Å². The average Bonchev–Trinajstić information content (AvgIpc) is 2.60. The van der Waals surface area contributed by atoms with Crippen molar-refractivity contribution in [2.75, 3.05) is 0 Å². The van der Waals surface area contributed by atoms with Crippen LogP contribution in [-0.4, -0.2) is 12.1 Å². The van der Waals surface area contributed by atoms with Gasteiger partial charge in [-0.25, -0.2) is 9.18 Å². The number of unbranched alkanes of at least 4 members (excludes halogenated alkanes) is 6. The van der Waals surface area contributed by atoms with Crippen LogP contribution < -0.4 is 0 Å². The lowest BCUT2D eigenvalue weighted by atomic mass is 10.0. The third-order valence-electron chi connectivity index (χ3n) is 4.54. The molecule has 1 aromatic rings. The number of carbonyl (C=O) groups is 1. The number of ether oxygens (including phenoxy) is 1. The molecule has 27 heavy (non-hydrogen) atoms. The summed E-state index contributed by atoms with van der Waals surface area (Å²) in [6.07, 6.45) is 4.16. The van der Waals surface area contributed by atoms with Gasteiger partial charge >= 0.3 is 12.1 Å². The van der Waals surface area contributed by atoms with E-state index in [0.29, 0.717) is 18.9 Å². The average molecular weight is 390 g/mol. The zero-order chi connectivity index (χ0) is 20.3. The Morgan fingerprint density at radius 1 is 0.963 bits per heavy atom. The van der Waals surface area contributed by atoms with Crippen LogP contribution in [0.2, 0.25) is 0 Å². The van der Waals surface area contributed by atoms with Gasteiger partial charge in [-0.2, -0.15) is 13.2 Å². The van der Waals surface area contributed by atoms with Crippen molar-refractivity contribution >= 4 is 5.97 Å². The van der Waals surface area contributed by atoms with Crippen molar-refractivity contribution in [1.29, 1.82) is 0 Å². The molecule has 0 aliphatic heterocycles. The molecule has 0 aliphatic carbocycles. The van der Waals surface area contributed by atoms with Gasteiger partial charge in [0.15, 0.2) is 0 Å². The SMILES string of the molecule is CCCCCCCC(CCCCC)OC(=O)c1ccc(F)cc1C(F)(F)F. The second-order valence-corrected chi connectivity index (χ2v) is 6.91. The Hall–Kier alpha value is -1.59. The number of hydrogen-bond acceptors (Lipinski definition) is 2. The summed E-state index contributed by atoms with van der Waals surface area (Å²) in [5.41, 5.74) is -1.92. The van der Waals surface area contributed by atoms with E-state index in [0.717, 1.165) is 63.5 Å². The Bertz CT molecular complexity index is 570. The van der Waals surface area contributed by atoms with Crippen LogP contribution in [0.3, 0.4) is 0 Å². The molecular weight excluding hydrogens is 360 g/mol. The molecular formula is C21H30F4O2. The van der Waals surface area contributed by atoms with Gasteiger partial charge in [0.05, 0.1) is 11.1 Å². The van der Waals surface area contributed by atoms with Gasteiger partial charge in [-0.1, -0.05) is 52.4 Å². The molecule has 1 atom stereocenters. The summed E-state index contributed by atoms with van der Waals surface area (Å²) >= 11 is 0. The first-order valence-corrected chi connectivity index (χ1v) is 9.87. The molecule has 0 bridgehead atoms. The molecule has 0 radical (unpaired) electrons. The third-order valence-corrected chi connectivity index (χ3v) is 4.54. The van der Waals surface area contributed by atoms with E-state index < -0.39 is 35.2 Å². The van der Waals surface area contributed by atoms with E-state index in [9.17, 15) is 22.4 Å². The summed E-state index contributed by atoms with van der Waals surface area (Å²) < 4.78 is 58.0. The second kappa shape index (κ2) is 12.0. The van der Waals surface area contributed by atoms with E-state index in [4.69, 9.17) is 4.74 Å². The molecule has 1 rings (SSSR count). The van der Waals surface area contributed by atoms with E-state index in [1.165, 1.54) is 0 Å². The number of rotatable bonds is 12. The molecule has 1 unspecified atom stereocenters. The summed E-state index contributed by atoms with van der Waals surface area (Å²) in [7, 11) is 0. The molecule has 2 nitrogen and oxygen atoms in total. The number of esters is 1. The summed E-state index contributed by atoms with van der Waals surface area (Å²) in [5.74, 6) is -2.06. The topological polar surface area (TPSA) is 26.3 Å². The molecule has 0 saturated heterocycles. The highest BCUT2D eigenvalue weighted by atomic mass is 19.4. The first-order chi connectivity index (χ1) is 12.8. The lowest BCUT2D eigenvalue weighted by Crippen LogP contribution is -2.21. The Kier molecular flexibility index (Phi) is 10.4. The monoisotopic (exact) mass is 390 g/mol. The summed E-state index contributed by atoms with van der Waals surface area (Å²) in [4.78, 5) is 12.4. The minimum absolute atomic E-state index is 0.341. The minimum atomic E-state index is -4.81. The van der Waals surface area contributed by atoms with Crippen molar-refractivity contribution in [3.8, 4) is 0 Å². The molecule has 154 valence electrons. The van der Waals surface area contributed by atoms with Gasteiger partial charge in [-0.05, 0) is 43.9 Å². The van der Waals surface area contributed by atoms with Gasteiger partial charge in [0.25, 0.3) is 0 Å². The standard InChI is InChI=1S/C21H30F4O2/c1-3-5-7-8-10-12-17(11-9-6-4-2)27-20(26)18-14-13-16(22)15-19(18)21(23,24)25/h13-15,17H,3-12H2,1-2H3. The fourth-order valence-corrected chi connectivity index (χ4v) is 3.00. The molecule has 0 N–H and O–H groups in total. The normalized spacial score (nSPS) is 12.8. The maximum absolute atomic E-state index is 13.2. The fraction of sp³-hybridized carbons (Fsp3) is 0.667. The second-order valence-electron chi connectivity index (χ2n) is 6.91. The van der Waals surface area contributed by atoms with E-state index in [1.807, 2.05) is 0 Å². The molecule has 0 saturated carbocycles. The van der Waals surface area contributed by atoms with Gasteiger partial charge in [0.2, 0.25) is 0 Å². The smallest absolute Gasteiger partial charge is 0.417 e. The van der Waals surface area contributed by atoms with Gasteiger partial charge in [0.1, 0.15) is 11.9 Å². The maximum atomic E-state index is 13.2. The first-order valence-electron chi connectivity index (χ1n) is 9.87. The van der Waals surface area contributed by atoms with Crippen LogP contribution in [0.5, 0.6) is 0 Å². The van der Waals surface area contributed by atoms with Crippen molar-refractivity contribution in [3.63, 3.8) is 0 Å². The molecule has 0 amide bonds. The minimum Gasteiger partial charge on any atom is -0.459 e. The zero-order valence-corrected chi connectivity index (χ0v) is 16.2. The number of carbonyl (C=O) groups excluding carboxylic acids is 1. The fourth-order valence-electron chi connectivity index (χ4n) is 3.00. The van der Waals surface area contributed by atoms with E-state index in [2.05, 4.69) is 13.8 Å². The van der Waals surface area contributed by atoms with Crippen molar-refractivity contribution in [2.24, 2.45) is 0 Å². The number of alkyl halides is 3. The Morgan fingerprint density at radius 2 is 1.52 bits per heavy atom. The van der Waals surface area contributed by atoms with E-state index in [1.54, 1.807) is 0 Å². The highest BCUT2D eigenvalue weighted by molar-refractivity contribution is 5.91. The molecule has 1 aromatic carbocycles. The van der Waals surface area contributed by atoms with Gasteiger partial charge in [-0.15, -0.1) is 0 Å². The van der Waals surface area contributed by atoms with E-state index in [-0.39, 0.29) is 0 Å². The van der Waals surface area contributed by atoms with Crippen LogP contribution in [0.25, 0.3) is 0 Å². The van der Waals surface area contributed by atoms with Crippen LogP contribution in [-0.2, 0) is 10.9 Å².